The molecule has 0 bridgehead atoms. The van der Waals surface area contributed by atoms with Gasteiger partial charge in [0.1, 0.15) is 6.61 Å². The Kier molecular flexibility index (Phi) is 4.62. The lowest BCUT2D eigenvalue weighted by Crippen LogP contribution is -2.06. The third-order valence-electron chi connectivity index (χ3n) is 3.70. The second kappa shape index (κ2) is 6.83. The maximum Gasteiger partial charge on any atom is 0.156 e. The standard InChI is InChI=1S/C16H21N3O2/c1-2-19-15(12-21-10-13-6-4-3-5-7-13)17-16(18-19)14-8-9-20-11-14/h3-7,14H,2,8-12H2,1H3. The number of rotatable bonds is 6. The van der Waals surface area contributed by atoms with E-state index in [-0.39, 0.29) is 0 Å². The van der Waals surface area contributed by atoms with Gasteiger partial charge in [0, 0.05) is 19.1 Å². The Morgan fingerprint density at radius 3 is 2.86 bits per heavy atom. The molecule has 1 fully saturated rings. The van der Waals surface area contributed by atoms with Crippen LogP contribution in [0.25, 0.3) is 0 Å². The second-order valence-corrected chi connectivity index (χ2v) is 5.24. The second-order valence-electron chi connectivity index (χ2n) is 5.24. The Balaban J connectivity index is 1.61. The van der Waals surface area contributed by atoms with Crippen LogP contribution >= 0.6 is 0 Å². The van der Waals surface area contributed by atoms with E-state index in [1.54, 1.807) is 0 Å². The van der Waals surface area contributed by atoms with Gasteiger partial charge in [0.05, 0.1) is 13.2 Å². The Morgan fingerprint density at radius 1 is 1.29 bits per heavy atom. The molecule has 0 N–H and O–H groups in total. The highest BCUT2D eigenvalue weighted by Gasteiger charge is 2.23. The third kappa shape index (κ3) is 3.49. The summed E-state index contributed by atoms with van der Waals surface area (Å²) in [4.78, 5) is 4.64. The van der Waals surface area contributed by atoms with Crippen LogP contribution in [-0.2, 0) is 29.2 Å². The average molecular weight is 287 g/mol. The summed E-state index contributed by atoms with van der Waals surface area (Å²) in [5.41, 5.74) is 1.17. The molecule has 21 heavy (non-hydrogen) atoms. The molecule has 1 atom stereocenters. The van der Waals surface area contributed by atoms with Crippen molar-refractivity contribution in [3.05, 3.63) is 47.5 Å². The van der Waals surface area contributed by atoms with Crippen molar-refractivity contribution in [2.75, 3.05) is 13.2 Å². The molecule has 0 radical (unpaired) electrons. The van der Waals surface area contributed by atoms with Crippen LogP contribution in [0.15, 0.2) is 30.3 Å². The van der Waals surface area contributed by atoms with Gasteiger partial charge in [-0.05, 0) is 18.9 Å². The van der Waals surface area contributed by atoms with E-state index in [9.17, 15) is 0 Å². The molecule has 2 aromatic rings. The van der Waals surface area contributed by atoms with Crippen LogP contribution in [0.4, 0.5) is 0 Å². The van der Waals surface area contributed by atoms with E-state index in [1.807, 2.05) is 22.9 Å². The minimum absolute atomic E-state index is 0.339. The first-order valence-electron chi connectivity index (χ1n) is 7.50. The van der Waals surface area contributed by atoms with Gasteiger partial charge in [-0.3, -0.25) is 0 Å². The Labute approximate surface area is 124 Å². The predicted molar refractivity (Wildman–Crippen MR) is 78.8 cm³/mol. The van der Waals surface area contributed by atoms with Gasteiger partial charge in [-0.25, -0.2) is 9.67 Å². The van der Waals surface area contributed by atoms with E-state index in [0.29, 0.717) is 19.1 Å². The number of benzene rings is 1. The molecule has 1 aliphatic heterocycles. The molecule has 1 aromatic heterocycles. The zero-order valence-corrected chi connectivity index (χ0v) is 12.4. The van der Waals surface area contributed by atoms with E-state index < -0.39 is 0 Å². The summed E-state index contributed by atoms with van der Waals surface area (Å²) >= 11 is 0. The molecule has 0 amide bonds. The number of hydrogen-bond acceptors (Lipinski definition) is 4. The molecule has 112 valence electrons. The van der Waals surface area contributed by atoms with Gasteiger partial charge in [0.25, 0.3) is 0 Å². The van der Waals surface area contributed by atoms with E-state index in [1.165, 1.54) is 5.56 Å². The molecule has 1 saturated heterocycles. The molecule has 1 aliphatic rings. The normalized spacial score (nSPS) is 18.2. The smallest absolute Gasteiger partial charge is 0.156 e. The topological polar surface area (TPSA) is 49.2 Å². The Bertz CT molecular complexity index is 562. The van der Waals surface area contributed by atoms with Crippen LogP contribution in [0, 0.1) is 0 Å². The summed E-state index contributed by atoms with van der Waals surface area (Å²) in [6, 6.07) is 10.2. The first kappa shape index (κ1) is 14.2. The van der Waals surface area contributed by atoms with Gasteiger partial charge in [-0.15, -0.1) is 0 Å². The number of ether oxygens (including phenoxy) is 2. The van der Waals surface area contributed by atoms with Gasteiger partial charge >= 0.3 is 0 Å². The van der Waals surface area contributed by atoms with Crippen molar-refractivity contribution in [2.24, 2.45) is 0 Å². The molecular formula is C16H21N3O2. The fourth-order valence-corrected chi connectivity index (χ4v) is 2.50. The van der Waals surface area contributed by atoms with Crippen LogP contribution < -0.4 is 0 Å². The lowest BCUT2D eigenvalue weighted by molar-refractivity contribution is 0.0986. The minimum atomic E-state index is 0.339. The number of nitrogens with zero attached hydrogens (tertiary/aromatic N) is 3. The maximum absolute atomic E-state index is 5.77. The van der Waals surface area contributed by atoms with Gasteiger partial charge < -0.3 is 9.47 Å². The molecule has 5 nitrogen and oxygen atoms in total. The molecule has 1 aromatic carbocycles. The average Bonchev–Trinajstić information content (AvgIpc) is 3.17. The highest BCUT2D eigenvalue weighted by atomic mass is 16.5. The highest BCUT2D eigenvalue weighted by molar-refractivity contribution is 5.13. The quantitative estimate of drug-likeness (QED) is 0.819. The maximum atomic E-state index is 5.77. The molecule has 5 heteroatoms. The lowest BCUT2D eigenvalue weighted by Gasteiger charge is -2.04. The van der Waals surface area contributed by atoms with E-state index >= 15 is 0 Å². The molecule has 1 unspecified atom stereocenters. The summed E-state index contributed by atoms with van der Waals surface area (Å²) in [5, 5.41) is 4.58. The van der Waals surface area contributed by atoms with Crippen molar-refractivity contribution >= 4 is 0 Å². The zero-order chi connectivity index (χ0) is 14.5. The molecule has 0 spiro atoms. The predicted octanol–water partition coefficient (Wildman–Crippen LogP) is 2.52. The number of aromatic nitrogens is 3. The van der Waals surface area contributed by atoms with Gasteiger partial charge in [0.2, 0.25) is 0 Å². The van der Waals surface area contributed by atoms with Crippen molar-refractivity contribution in [2.45, 2.75) is 39.0 Å². The Morgan fingerprint density at radius 2 is 2.14 bits per heavy atom. The fourth-order valence-electron chi connectivity index (χ4n) is 2.50. The summed E-state index contributed by atoms with van der Waals surface area (Å²) in [6.07, 6.45) is 1.01. The van der Waals surface area contributed by atoms with Crippen molar-refractivity contribution in [1.82, 2.24) is 14.8 Å². The SMILES string of the molecule is CCn1nc(C2CCOC2)nc1COCc1ccccc1. The summed E-state index contributed by atoms with van der Waals surface area (Å²) < 4.78 is 13.1. The lowest BCUT2D eigenvalue weighted by atomic mass is 10.1. The Hall–Kier alpha value is -1.72. The number of hydrogen-bond donors (Lipinski definition) is 0. The van der Waals surface area contributed by atoms with Crippen molar-refractivity contribution in [1.29, 1.82) is 0 Å². The third-order valence-corrected chi connectivity index (χ3v) is 3.70. The fraction of sp³-hybridized carbons (Fsp3) is 0.500. The zero-order valence-electron chi connectivity index (χ0n) is 12.4. The van der Waals surface area contributed by atoms with Gasteiger partial charge in [0.15, 0.2) is 11.6 Å². The summed E-state index contributed by atoms with van der Waals surface area (Å²) in [6.45, 7) is 5.51. The van der Waals surface area contributed by atoms with E-state index in [0.717, 1.165) is 37.8 Å². The van der Waals surface area contributed by atoms with Crippen LogP contribution in [0.5, 0.6) is 0 Å². The number of aryl methyl sites for hydroxylation is 1. The molecule has 0 aliphatic carbocycles. The minimum Gasteiger partial charge on any atom is -0.381 e. The van der Waals surface area contributed by atoms with Crippen LogP contribution in [-0.4, -0.2) is 28.0 Å². The van der Waals surface area contributed by atoms with Crippen LogP contribution in [0.2, 0.25) is 0 Å². The van der Waals surface area contributed by atoms with Gasteiger partial charge in [-0.2, -0.15) is 5.10 Å². The van der Waals surface area contributed by atoms with Crippen LogP contribution in [0.1, 0.15) is 36.5 Å². The largest absolute Gasteiger partial charge is 0.381 e. The first-order chi connectivity index (χ1) is 10.4. The van der Waals surface area contributed by atoms with Crippen molar-refractivity contribution in [3.63, 3.8) is 0 Å². The van der Waals surface area contributed by atoms with E-state index in [2.05, 4.69) is 29.1 Å². The monoisotopic (exact) mass is 287 g/mol. The molecule has 3 rings (SSSR count). The van der Waals surface area contributed by atoms with Crippen LogP contribution in [0.3, 0.4) is 0 Å². The van der Waals surface area contributed by atoms with E-state index in [4.69, 9.17) is 9.47 Å². The van der Waals surface area contributed by atoms with Crippen molar-refractivity contribution in [3.8, 4) is 0 Å². The summed E-state index contributed by atoms with van der Waals surface area (Å²) in [7, 11) is 0. The summed E-state index contributed by atoms with van der Waals surface area (Å²) in [5.74, 6) is 2.13. The van der Waals surface area contributed by atoms with Crippen molar-refractivity contribution < 1.29 is 9.47 Å². The molecular weight excluding hydrogens is 266 g/mol. The first-order valence-corrected chi connectivity index (χ1v) is 7.50. The van der Waals surface area contributed by atoms with Gasteiger partial charge in [-0.1, -0.05) is 30.3 Å². The molecule has 0 saturated carbocycles. The highest BCUT2D eigenvalue weighted by Crippen LogP contribution is 2.22. The molecule has 2 heterocycles.